The highest BCUT2D eigenvalue weighted by atomic mass is 19.1. The molecule has 0 aliphatic rings. The molecule has 0 spiro atoms. The molecular formula is C8H8FNO3. The molecule has 1 aromatic rings. The van der Waals surface area contributed by atoms with Gasteiger partial charge in [-0.05, 0) is 12.1 Å². The largest absolute Gasteiger partial charge is 0.494 e. The topological polar surface area (TPSA) is 72.5 Å². The number of anilines is 1. The molecule has 13 heavy (non-hydrogen) atoms. The average Bonchev–Trinajstić information content (AvgIpc) is 2.07. The van der Waals surface area contributed by atoms with Gasteiger partial charge in [0, 0.05) is 0 Å². The highest BCUT2D eigenvalue weighted by molar-refractivity contribution is 5.93. The van der Waals surface area contributed by atoms with E-state index in [0.29, 0.717) is 0 Å². The summed E-state index contributed by atoms with van der Waals surface area (Å²) in [6.45, 7) is 0. The third kappa shape index (κ3) is 1.53. The van der Waals surface area contributed by atoms with Crippen LogP contribution in [-0.2, 0) is 0 Å². The molecule has 4 nitrogen and oxygen atoms in total. The fourth-order valence-electron chi connectivity index (χ4n) is 0.994. The second-order valence-electron chi connectivity index (χ2n) is 2.35. The van der Waals surface area contributed by atoms with Crippen LogP contribution >= 0.6 is 0 Å². The van der Waals surface area contributed by atoms with Gasteiger partial charge in [0.2, 0.25) is 0 Å². The first-order valence-electron chi connectivity index (χ1n) is 3.43. The van der Waals surface area contributed by atoms with Crippen LogP contribution in [0.5, 0.6) is 5.75 Å². The van der Waals surface area contributed by atoms with Crippen molar-refractivity contribution in [3.8, 4) is 5.75 Å². The van der Waals surface area contributed by atoms with E-state index in [1.165, 1.54) is 13.2 Å². The number of aromatic carboxylic acids is 1. The van der Waals surface area contributed by atoms with Gasteiger partial charge in [0.25, 0.3) is 0 Å². The fraction of sp³-hybridized carbons (Fsp3) is 0.125. The highest BCUT2D eigenvalue weighted by Crippen LogP contribution is 2.28. The van der Waals surface area contributed by atoms with Crippen molar-refractivity contribution >= 4 is 11.7 Å². The van der Waals surface area contributed by atoms with Crippen molar-refractivity contribution in [2.75, 3.05) is 12.8 Å². The number of methoxy groups -OCH3 is 1. The van der Waals surface area contributed by atoms with Crippen LogP contribution in [0.1, 0.15) is 10.4 Å². The van der Waals surface area contributed by atoms with Gasteiger partial charge >= 0.3 is 5.97 Å². The van der Waals surface area contributed by atoms with Gasteiger partial charge in [0.1, 0.15) is 11.4 Å². The number of rotatable bonds is 2. The molecule has 1 aromatic carbocycles. The minimum atomic E-state index is -1.40. The summed E-state index contributed by atoms with van der Waals surface area (Å²) in [7, 11) is 1.23. The summed E-state index contributed by atoms with van der Waals surface area (Å²) in [4.78, 5) is 10.6. The molecule has 70 valence electrons. The minimum absolute atomic E-state index is 0.0984. The SMILES string of the molecule is COc1c(N)ccc(F)c1C(=O)O. The summed E-state index contributed by atoms with van der Waals surface area (Å²) in [6, 6.07) is 2.24. The van der Waals surface area contributed by atoms with Crippen LogP contribution in [0.3, 0.4) is 0 Å². The first-order valence-corrected chi connectivity index (χ1v) is 3.43. The van der Waals surface area contributed by atoms with Gasteiger partial charge in [-0.25, -0.2) is 9.18 Å². The van der Waals surface area contributed by atoms with Crippen LogP contribution in [0.25, 0.3) is 0 Å². The van der Waals surface area contributed by atoms with Gasteiger partial charge in [-0.3, -0.25) is 0 Å². The van der Waals surface area contributed by atoms with Crippen molar-refractivity contribution in [3.05, 3.63) is 23.5 Å². The molecule has 0 heterocycles. The van der Waals surface area contributed by atoms with E-state index in [9.17, 15) is 9.18 Å². The van der Waals surface area contributed by atoms with Gasteiger partial charge in [-0.2, -0.15) is 0 Å². The van der Waals surface area contributed by atoms with E-state index in [0.717, 1.165) is 6.07 Å². The summed E-state index contributed by atoms with van der Waals surface area (Å²) in [5.41, 5.74) is 4.94. The molecular weight excluding hydrogens is 177 g/mol. The number of carbonyl (C=O) groups is 1. The number of halogens is 1. The van der Waals surface area contributed by atoms with E-state index in [4.69, 9.17) is 10.8 Å². The van der Waals surface area contributed by atoms with Crippen LogP contribution < -0.4 is 10.5 Å². The zero-order chi connectivity index (χ0) is 10.0. The molecule has 5 heteroatoms. The van der Waals surface area contributed by atoms with E-state index < -0.39 is 17.3 Å². The lowest BCUT2D eigenvalue weighted by Crippen LogP contribution is -2.06. The molecule has 0 aliphatic carbocycles. The van der Waals surface area contributed by atoms with Crippen LogP contribution in [0.2, 0.25) is 0 Å². The van der Waals surface area contributed by atoms with Crippen LogP contribution in [0, 0.1) is 5.82 Å². The van der Waals surface area contributed by atoms with E-state index in [1.54, 1.807) is 0 Å². The predicted molar refractivity (Wildman–Crippen MR) is 44.3 cm³/mol. The monoisotopic (exact) mass is 185 g/mol. The summed E-state index contributed by atoms with van der Waals surface area (Å²) in [5, 5.41) is 8.63. The second kappa shape index (κ2) is 3.30. The van der Waals surface area contributed by atoms with Crippen LogP contribution in [-0.4, -0.2) is 18.2 Å². The maximum absolute atomic E-state index is 13.0. The van der Waals surface area contributed by atoms with Crippen molar-refractivity contribution in [3.63, 3.8) is 0 Å². The van der Waals surface area contributed by atoms with Crippen LogP contribution in [0.15, 0.2) is 12.1 Å². The molecule has 0 bridgehead atoms. The van der Waals surface area contributed by atoms with E-state index in [2.05, 4.69) is 4.74 Å². The summed E-state index contributed by atoms with van der Waals surface area (Å²) in [6.07, 6.45) is 0. The first kappa shape index (κ1) is 9.31. The summed E-state index contributed by atoms with van der Waals surface area (Å²) < 4.78 is 17.6. The molecule has 0 fully saturated rings. The number of ether oxygens (including phenoxy) is 1. The van der Waals surface area contributed by atoms with Crippen molar-refractivity contribution in [1.82, 2.24) is 0 Å². The Hall–Kier alpha value is -1.78. The molecule has 0 radical (unpaired) electrons. The number of hydrogen-bond donors (Lipinski definition) is 2. The number of carboxylic acids is 1. The van der Waals surface area contributed by atoms with Gasteiger partial charge in [-0.1, -0.05) is 0 Å². The summed E-state index contributed by atoms with van der Waals surface area (Å²) in [5.74, 6) is -2.41. The minimum Gasteiger partial charge on any atom is -0.494 e. The lowest BCUT2D eigenvalue weighted by Gasteiger charge is -2.07. The van der Waals surface area contributed by atoms with Crippen molar-refractivity contribution in [1.29, 1.82) is 0 Å². The second-order valence-corrected chi connectivity index (χ2v) is 2.35. The van der Waals surface area contributed by atoms with Crippen molar-refractivity contribution in [2.45, 2.75) is 0 Å². The number of hydrogen-bond acceptors (Lipinski definition) is 3. The Labute approximate surface area is 73.7 Å². The Bertz CT molecular complexity index is 351. The Morgan fingerprint density at radius 1 is 1.62 bits per heavy atom. The number of nitrogens with two attached hydrogens (primary N) is 1. The lowest BCUT2D eigenvalue weighted by atomic mass is 10.1. The highest BCUT2D eigenvalue weighted by Gasteiger charge is 2.18. The zero-order valence-electron chi connectivity index (χ0n) is 6.87. The molecule has 0 saturated carbocycles. The normalized spacial score (nSPS) is 9.69. The Morgan fingerprint density at radius 3 is 2.62 bits per heavy atom. The smallest absolute Gasteiger partial charge is 0.342 e. The predicted octanol–water partition coefficient (Wildman–Crippen LogP) is 1.11. The molecule has 0 saturated heterocycles. The Morgan fingerprint density at radius 2 is 2.23 bits per heavy atom. The molecule has 0 amide bonds. The van der Waals surface area contributed by atoms with Gasteiger partial charge < -0.3 is 15.6 Å². The lowest BCUT2D eigenvalue weighted by molar-refractivity contribution is 0.0688. The molecule has 0 aliphatic heterocycles. The van der Waals surface area contributed by atoms with Crippen LogP contribution in [0.4, 0.5) is 10.1 Å². The Kier molecular flexibility index (Phi) is 2.36. The maximum Gasteiger partial charge on any atom is 0.342 e. The Balaban J connectivity index is 3.43. The van der Waals surface area contributed by atoms with Gasteiger partial charge in [0.05, 0.1) is 12.8 Å². The average molecular weight is 185 g/mol. The fourth-order valence-corrected chi connectivity index (χ4v) is 0.994. The van der Waals surface area contributed by atoms with Crippen molar-refractivity contribution < 1.29 is 19.0 Å². The molecule has 1 rings (SSSR count). The van der Waals surface area contributed by atoms with Crippen molar-refractivity contribution in [2.24, 2.45) is 0 Å². The third-order valence-corrected chi connectivity index (χ3v) is 1.56. The number of nitrogen functional groups attached to an aromatic ring is 1. The quantitative estimate of drug-likeness (QED) is 0.677. The van der Waals surface area contributed by atoms with Gasteiger partial charge in [0.15, 0.2) is 5.75 Å². The first-order chi connectivity index (χ1) is 6.07. The molecule has 0 aromatic heterocycles. The molecule has 0 atom stereocenters. The van der Waals surface area contributed by atoms with E-state index in [-0.39, 0.29) is 11.4 Å². The number of carboxylic acid groups (broad SMARTS) is 1. The number of benzene rings is 1. The molecule has 0 unspecified atom stereocenters. The maximum atomic E-state index is 13.0. The van der Waals surface area contributed by atoms with Gasteiger partial charge in [-0.15, -0.1) is 0 Å². The van der Waals surface area contributed by atoms with E-state index >= 15 is 0 Å². The van der Waals surface area contributed by atoms with E-state index in [1.807, 2.05) is 0 Å². The standard InChI is InChI=1S/C8H8FNO3/c1-13-7-5(10)3-2-4(9)6(7)8(11)12/h2-3H,10H2,1H3,(H,11,12). The third-order valence-electron chi connectivity index (χ3n) is 1.56. The summed E-state index contributed by atoms with van der Waals surface area (Å²) >= 11 is 0. The molecule has 3 N–H and O–H groups in total. The zero-order valence-corrected chi connectivity index (χ0v) is 6.87.